The summed E-state index contributed by atoms with van der Waals surface area (Å²) in [6.45, 7) is 4.48. The van der Waals surface area contributed by atoms with E-state index in [1.165, 1.54) is 24.7 Å². The predicted molar refractivity (Wildman–Crippen MR) is 96.5 cm³/mol. The van der Waals surface area contributed by atoms with Crippen LogP contribution in [-0.2, 0) is 6.61 Å². The Kier molecular flexibility index (Phi) is 4.05. The van der Waals surface area contributed by atoms with Crippen LogP contribution in [0.25, 0.3) is 10.9 Å². The number of hydrogen-bond donors (Lipinski definition) is 1. The molecule has 0 aliphatic carbocycles. The number of anilines is 2. The number of benzene rings is 1. The van der Waals surface area contributed by atoms with Crippen molar-refractivity contribution in [3.63, 3.8) is 0 Å². The van der Waals surface area contributed by atoms with E-state index in [1.54, 1.807) is 0 Å². The summed E-state index contributed by atoms with van der Waals surface area (Å²) in [6, 6.07) is 8.59. The van der Waals surface area contributed by atoms with Gasteiger partial charge in [0, 0.05) is 24.0 Å². The van der Waals surface area contributed by atoms with Crippen molar-refractivity contribution in [2.45, 2.75) is 26.4 Å². The zero-order chi connectivity index (χ0) is 17.2. The lowest BCUT2D eigenvalue weighted by atomic mass is 10.1. The molecule has 1 saturated heterocycles. The maximum Gasteiger partial charge on any atom is 0.321 e. The second-order valence-corrected chi connectivity index (χ2v) is 6.23. The zero-order valence-corrected chi connectivity index (χ0v) is 14.1. The number of nitrogens with zero attached hydrogens (tertiary/aromatic N) is 5. The van der Waals surface area contributed by atoms with Gasteiger partial charge < -0.3 is 15.4 Å². The molecule has 0 unspecified atom stereocenters. The SMILES string of the molecule is Cc1cccc2cc(COc3ncnc(N)n3)c(N3CCCC3)nc12. The van der Waals surface area contributed by atoms with Crippen LogP contribution in [0.3, 0.4) is 0 Å². The molecule has 1 aliphatic heterocycles. The van der Waals surface area contributed by atoms with Gasteiger partial charge in [0.05, 0.1) is 5.52 Å². The molecule has 0 atom stereocenters. The summed E-state index contributed by atoms with van der Waals surface area (Å²) < 4.78 is 5.74. The van der Waals surface area contributed by atoms with Gasteiger partial charge in [0.1, 0.15) is 18.8 Å². The van der Waals surface area contributed by atoms with Crippen molar-refractivity contribution >= 4 is 22.7 Å². The standard InChI is InChI=1S/C18H20N6O/c1-12-5-4-6-13-9-14(10-25-18-21-11-20-17(19)23-18)16(22-15(12)13)24-7-2-3-8-24/h4-6,9,11H,2-3,7-8,10H2,1H3,(H2,19,20,21,23). The highest BCUT2D eigenvalue weighted by Crippen LogP contribution is 2.28. The maximum atomic E-state index is 5.74. The van der Waals surface area contributed by atoms with E-state index in [0.717, 1.165) is 35.4 Å². The van der Waals surface area contributed by atoms with Crippen LogP contribution in [0.4, 0.5) is 11.8 Å². The molecule has 7 nitrogen and oxygen atoms in total. The van der Waals surface area contributed by atoms with Crippen LogP contribution in [-0.4, -0.2) is 33.0 Å². The first-order chi connectivity index (χ1) is 12.2. The number of para-hydroxylation sites is 1. The normalized spacial score (nSPS) is 14.2. The second kappa shape index (κ2) is 6.51. The molecule has 7 heteroatoms. The number of hydrogen-bond acceptors (Lipinski definition) is 7. The average Bonchev–Trinajstić information content (AvgIpc) is 3.14. The van der Waals surface area contributed by atoms with Crippen molar-refractivity contribution in [1.29, 1.82) is 0 Å². The van der Waals surface area contributed by atoms with Crippen molar-refractivity contribution in [3.05, 3.63) is 41.7 Å². The van der Waals surface area contributed by atoms with Crippen LogP contribution < -0.4 is 15.4 Å². The quantitative estimate of drug-likeness (QED) is 0.782. The van der Waals surface area contributed by atoms with E-state index < -0.39 is 0 Å². The van der Waals surface area contributed by atoms with Crippen LogP contribution in [0.15, 0.2) is 30.6 Å². The lowest BCUT2D eigenvalue weighted by Crippen LogP contribution is -2.21. The summed E-state index contributed by atoms with van der Waals surface area (Å²) >= 11 is 0. The largest absolute Gasteiger partial charge is 0.458 e. The Morgan fingerprint density at radius 2 is 2.00 bits per heavy atom. The Balaban J connectivity index is 1.71. The van der Waals surface area contributed by atoms with Crippen molar-refractivity contribution in [2.75, 3.05) is 23.7 Å². The Hall–Kier alpha value is -2.96. The second-order valence-electron chi connectivity index (χ2n) is 6.23. The molecule has 4 rings (SSSR count). The number of aryl methyl sites for hydroxylation is 1. The lowest BCUT2D eigenvalue weighted by Gasteiger charge is -2.21. The highest BCUT2D eigenvalue weighted by atomic mass is 16.5. The first-order valence-electron chi connectivity index (χ1n) is 8.42. The molecule has 25 heavy (non-hydrogen) atoms. The fourth-order valence-corrected chi connectivity index (χ4v) is 3.19. The third kappa shape index (κ3) is 3.17. The molecular formula is C18H20N6O. The molecule has 2 N–H and O–H groups in total. The van der Waals surface area contributed by atoms with Gasteiger partial charge in [-0.05, 0) is 31.4 Å². The summed E-state index contributed by atoms with van der Waals surface area (Å²) in [5.41, 5.74) is 8.83. The smallest absolute Gasteiger partial charge is 0.321 e. The Morgan fingerprint density at radius 3 is 2.80 bits per heavy atom. The summed E-state index contributed by atoms with van der Waals surface area (Å²) in [5.74, 6) is 1.14. The van der Waals surface area contributed by atoms with Gasteiger partial charge in [-0.2, -0.15) is 9.97 Å². The Morgan fingerprint density at radius 1 is 1.16 bits per heavy atom. The molecule has 1 aliphatic rings. The van der Waals surface area contributed by atoms with Crippen molar-refractivity contribution in [1.82, 2.24) is 19.9 Å². The van der Waals surface area contributed by atoms with Crippen molar-refractivity contribution in [2.24, 2.45) is 0 Å². The third-order valence-electron chi connectivity index (χ3n) is 4.43. The van der Waals surface area contributed by atoms with E-state index in [0.29, 0.717) is 6.61 Å². The molecule has 0 radical (unpaired) electrons. The van der Waals surface area contributed by atoms with Gasteiger partial charge in [0.15, 0.2) is 0 Å². The van der Waals surface area contributed by atoms with E-state index >= 15 is 0 Å². The molecule has 0 amide bonds. The number of pyridine rings is 1. The van der Waals surface area contributed by atoms with Gasteiger partial charge >= 0.3 is 6.01 Å². The van der Waals surface area contributed by atoms with Crippen LogP contribution in [0, 0.1) is 6.92 Å². The van der Waals surface area contributed by atoms with Crippen LogP contribution in [0.1, 0.15) is 24.0 Å². The monoisotopic (exact) mass is 336 g/mol. The number of nitrogens with two attached hydrogens (primary N) is 1. The first kappa shape index (κ1) is 15.6. The minimum atomic E-state index is 0.150. The summed E-state index contributed by atoms with van der Waals surface area (Å²) in [6.07, 6.45) is 3.73. The summed E-state index contributed by atoms with van der Waals surface area (Å²) in [5, 5.41) is 1.11. The van der Waals surface area contributed by atoms with Gasteiger partial charge in [-0.25, -0.2) is 9.97 Å². The average molecular weight is 336 g/mol. The number of rotatable bonds is 4. The molecule has 2 aromatic heterocycles. The Bertz CT molecular complexity index is 907. The molecule has 0 spiro atoms. The van der Waals surface area contributed by atoms with Gasteiger partial charge in [0.2, 0.25) is 5.95 Å². The molecule has 0 saturated carbocycles. The van der Waals surface area contributed by atoms with E-state index in [-0.39, 0.29) is 12.0 Å². The topological polar surface area (TPSA) is 90.0 Å². The van der Waals surface area contributed by atoms with Gasteiger partial charge in [-0.3, -0.25) is 0 Å². The molecule has 1 fully saturated rings. The van der Waals surface area contributed by atoms with E-state index in [9.17, 15) is 0 Å². The summed E-state index contributed by atoms with van der Waals surface area (Å²) in [7, 11) is 0. The van der Waals surface area contributed by atoms with Crippen molar-refractivity contribution in [3.8, 4) is 6.01 Å². The lowest BCUT2D eigenvalue weighted by molar-refractivity contribution is 0.280. The van der Waals surface area contributed by atoms with Crippen LogP contribution >= 0.6 is 0 Å². The minimum absolute atomic E-state index is 0.150. The van der Waals surface area contributed by atoms with E-state index in [2.05, 4.69) is 45.0 Å². The van der Waals surface area contributed by atoms with E-state index in [1.807, 2.05) is 6.07 Å². The van der Waals surface area contributed by atoms with E-state index in [4.69, 9.17) is 15.5 Å². The molecule has 3 heterocycles. The molecule has 1 aromatic carbocycles. The highest BCUT2D eigenvalue weighted by molar-refractivity contribution is 5.84. The summed E-state index contributed by atoms with van der Waals surface area (Å²) in [4.78, 5) is 19.1. The molecule has 3 aromatic rings. The van der Waals surface area contributed by atoms with Gasteiger partial charge in [-0.1, -0.05) is 18.2 Å². The number of nitrogen functional groups attached to an aromatic ring is 1. The number of ether oxygens (including phenoxy) is 1. The first-order valence-corrected chi connectivity index (χ1v) is 8.42. The van der Waals surface area contributed by atoms with Crippen LogP contribution in [0.5, 0.6) is 6.01 Å². The Labute approximate surface area is 145 Å². The van der Waals surface area contributed by atoms with Gasteiger partial charge in [-0.15, -0.1) is 0 Å². The molecular weight excluding hydrogens is 316 g/mol. The zero-order valence-electron chi connectivity index (χ0n) is 14.1. The maximum absolute atomic E-state index is 5.74. The fourth-order valence-electron chi connectivity index (χ4n) is 3.19. The number of fused-ring (bicyclic) bond motifs is 1. The molecule has 0 bridgehead atoms. The van der Waals surface area contributed by atoms with Crippen LogP contribution in [0.2, 0.25) is 0 Å². The highest BCUT2D eigenvalue weighted by Gasteiger charge is 2.19. The van der Waals surface area contributed by atoms with Gasteiger partial charge in [0.25, 0.3) is 0 Å². The fraction of sp³-hybridized carbons (Fsp3) is 0.333. The van der Waals surface area contributed by atoms with Crippen molar-refractivity contribution < 1.29 is 4.74 Å². The minimum Gasteiger partial charge on any atom is -0.458 e. The number of aromatic nitrogens is 4. The molecule has 128 valence electrons. The predicted octanol–water partition coefficient (Wildman–Crippen LogP) is 2.49. The third-order valence-corrected chi connectivity index (χ3v) is 4.43.